The molecule has 0 spiro atoms. The zero-order chi connectivity index (χ0) is 50.7. The summed E-state index contributed by atoms with van der Waals surface area (Å²) >= 11 is 0. The Hall–Kier alpha value is -4.45. The van der Waals surface area contributed by atoms with Crippen LogP contribution in [0.5, 0.6) is 0 Å². The lowest BCUT2D eigenvalue weighted by Gasteiger charge is -2.18. The summed E-state index contributed by atoms with van der Waals surface area (Å²) in [7, 11) is 0. The SMILES string of the molecule is CC/C=C\C/C=C\C/C=C\C/C=C\C/C=C\C/C=C\C/C=C\C/C=C\C/C=C\CCCC(=O)OCC(COC(=O)CCCCCCCCCCC)OC(=O)CCCCCCC/C=C\C/C=C\CCCC. The van der Waals surface area contributed by atoms with E-state index in [1.165, 1.54) is 57.8 Å². The monoisotopic (exact) mass is 967 g/mol. The van der Waals surface area contributed by atoms with Gasteiger partial charge in [0.2, 0.25) is 0 Å². The maximum Gasteiger partial charge on any atom is 0.306 e. The number of hydrogen-bond donors (Lipinski definition) is 0. The molecular formula is C64H102O6. The van der Waals surface area contributed by atoms with Gasteiger partial charge in [-0.2, -0.15) is 0 Å². The van der Waals surface area contributed by atoms with E-state index < -0.39 is 6.10 Å². The van der Waals surface area contributed by atoms with Crippen molar-refractivity contribution < 1.29 is 28.6 Å². The van der Waals surface area contributed by atoms with E-state index in [9.17, 15) is 14.4 Å². The first-order valence-corrected chi connectivity index (χ1v) is 28.2. The van der Waals surface area contributed by atoms with Crippen LogP contribution < -0.4 is 0 Å². The Morgan fingerprint density at radius 1 is 0.300 bits per heavy atom. The van der Waals surface area contributed by atoms with Gasteiger partial charge in [0.05, 0.1) is 0 Å². The van der Waals surface area contributed by atoms with Crippen molar-refractivity contribution in [1.82, 2.24) is 0 Å². The minimum absolute atomic E-state index is 0.104. The average molecular weight is 968 g/mol. The van der Waals surface area contributed by atoms with Crippen LogP contribution in [-0.2, 0) is 28.6 Å². The van der Waals surface area contributed by atoms with Crippen molar-refractivity contribution in [2.45, 2.75) is 239 Å². The van der Waals surface area contributed by atoms with Crippen LogP contribution in [-0.4, -0.2) is 37.2 Å². The van der Waals surface area contributed by atoms with Gasteiger partial charge in [-0.15, -0.1) is 0 Å². The highest BCUT2D eigenvalue weighted by atomic mass is 16.6. The fourth-order valence-corrected chi connectivity index (χ4v) is 7.16. The third-order valence-corrected chi connectivity index (χ3v) is 11.4. The van der Waals surface area contributed by atoms with Gasteiger partial charge in [0.25, 0.3) is 0 Å². The molecule has 6 nitrogen and oxygen atoms in total. The minimum atomic E-state index is -0.810. The molecule has 394 valence electrons. The molecule has 0 N–H and O–H groups in total. The number of rotatable bonds is 49. The molecule has 6 heteroatoms. The summed E-state index contributed by atoms with van der Waals surface area (Å²) < 4.78 is 16.7. The van der Waals surface area contributed by atoms with Gasteiger partial charge in [0.1, 0.15) is 13.2 Å². The molecule has 0 aromatic heterocycles. The van der Waals surface area contributed by atoms with Crippen LogP contribution in [0.3, 0.4) is 0 Å². The van der Waals surface area contributed by atoms with Gasteiger partial charge < -0.3 is 14.2 Å². The first-order valence-electron chi connectivity index (χ1n) is 28.2. The van der Waals surface area contributed by atoms with E-state index in [2.05, 4.69) is 154 Å². The number of unbranched alkanes of at least 4 members (excludes halogenated alkanes) is 16. The van der Waals surface area contributed by atoms with Crippen LogP contribution in [0.25, 0.3) is 0 Å². The summed E-state index contributed by atoms with van der Waals surface area (Å²) in [6.07, 6.45) is 80.3. The normalized spacial score (nSPS) is 13.1. The minimum Gasteiger partial charge on any atom is -0.462 e. The highest BCUT2D eigenvalue weighted by Crippen LogP contribution is 2.13. The summed E-state index contributed by atoms with van der Waals surface area (Å²) in [5.74, 6) is -0.991. The molecule has 0 aliphatic carbocycles. The molecule has 0 aliphatic heterocycles. The van der Waals surface area contributed by atoms with Crippen LogP contribution in [0.1, 0.15) is 233 Å². The van der Waals surface area contributed by atoms with Gasteiger partial charge in [-0.1, -0.05) is 238 Å². The zero-order valence-electron chi connectivity index (χ0n) is 45.0. The molecule has 0 bridgehead atoms. The summed E-state index contributed by atoms with van der Waals surface area (Å²) in [6.45, 7) is 6.39. The Morgan fingerprint density at radius 3 is 0.971 bits per heavy atom. The molecule has 0 aromatic rings. The van der Waals surface area contributed by atoms with Crippen LogP contribution in [0, 0.1) is 0 Å². The molecule has 1 unspecified atom stereocenters. The van der Waals surface area contributed by atoms with E-state index >= 15 is 0 Å². The number of hydrogen-bond acceptors (Lipinski definition) is 6. The number of allylic oxidation sites excluding steroid dienone is 22. The number of carbonyl (C=O) groups excluding carboxylic acids is 3. The zero-order valence-corrected chi connectivity index (χ0v) is 45.0. The Labute approximate surface area is 430 Å². The molecule has 0 aliphatic rings. The van der Waals surface area contributed by atoms with Crippen LogP contribution >= 0.6 is 0 Å². The van der Waals surface area contributed by atoms with Crippen molar-refractivity contribution in [2.75, 3.05) is 13.2 Å². The van der Waals surface area contributed by atoms with E-state index in [4.69, 9.17) is 14.2 Å². The van der Waals surface area contributed by atoms with Crippen molar-refractivity contribution in [3.8, 4) is 0 Å². The van der Waals surface area contributed by atoms with Gasteiger partial charge in [-0.05, 0) is 109 Å². The Bertz CT molecular complexity index is 1530. The van der Waals surface area contributed by atoms with E-state index in [0.29, 0.717) is 19.3 Å². The fraction of sp³-hybridized carbons (Fsp3) is 0.609. The van der Waals surface area contributed by atoms with Crippen molar-refractivity contribution in [3.05, 3.63) is 134 Å². The number of ether oxygens (including phenoxy) is 3. The van der Waals surface area contributed by atoms with E-state index in [1.807, 2.05) is 0 Å². The second-order valence-electron chi connectivity index (χ2n) is 18.1. The standard InChI is InChI=1S/C64H102O6/c1-4-7-10-13-16-19-21-23-25-26-27-28-29-30-31-32-33-34-35-36-37-38-39-41-42-45-48-51-54-57-63(66)69-60-61(59-68-62(65)56-53-50-47-44-18-15-12-9-6-3)70-64(67)58-55-52-49-46-43-40-24-22-20-17-14-11-8-5-2/h7,10,14,16-17,19,22-25,27-28,30-31,33-34,36-37,39,41,45,48,61H,4-6,8-9,11-13,15,18,20-21,26,29,32,35,38,40,42-44,46-47,49-60H2,1-3H3/b10-7-,17-14-,19-16-,24-22-,25-23-,28-27-,31-30-,34-33-,37-36-,41-39-,48-45-. The van der Waals surface area contributed by atoms with Crippen molar-refractivity contribution in [2.24, 2.45) is 0 Å². The molecule has 0 rings (SSSR count). The topological polar surface area (TPSA) is 78.9 Å². The Balaban J connectivity index is 4.38. The fourth-order valence-electron chi connectivity index (χ4n) is 7.16. The summed E-state index contributed by atoms with van der Waals surface area (Å²) in [5, 5.41) is 0. The van der Waals surface area contributed by atoms with Gasteiger partial charge in [-0.25, -0.2) is 0 Å². The second-order valence-corrected chi connectivity index (χ2v) is 18.1. The maximum absolute atomic E-state index is 12.8. The van der Waals surface area contributed by atoms with Gasteiger partial charge in [0, 0.05) is 19.3 Å². The van der Waals surface area contributed by atoms with Gasteiger partial charge in [-0.3, -0.25) is 14.4 Å². The number of carbonyl (C=O) groups is 3. The molecule has 0 saturated carbocycles. The van der Waals surface area contributed by atoms with E-state index in [-0.39, 0.29) is 37.5 Å². The first-order chi connectivity index (χ1) is 34.5. The smallest absolute Gasteiger partial charge is 0.306 e. The highest BCUT2D eigenvalue weighted by molar-refractivity contribution is 5.71. The average Bonchev–Trinajstić information content (AvgIpc) is 3.36. The molecule has 0 saturated heterocycles. The van der Waals surface area contributed by atoms with Crippen molar-refractivity contribution in [1.29, 1.82) is 0 Å². The van der Waals surface area contributed by atoms with E-state index in [0.717, 1.165) is 128 Å². The maximum atomic E-state index is 12.8. The molecule has 0 fully saturated rings. The van der Waals surface area contributed by atoms with Crippen LogP contribution in [0.4, 0.5) is 0 Å². The third-order valence-electron chi connectivity index (χ3n) is 11.4. The molecule has 1 atom stereocenters. The van der Waals surface area contributed by atoms with Crippen molar-refractivity contribution >= 4 is 17.9 Å². The summed E-state index contributed by atoms with van der Waals surface area (Å²) in [5.41, 5.74) is 0. The van der Waals surface area contributed by atoms with E-state index in [1.54, 1.807) is 0 Å². The second kappa shape index (κ2) is 57.1. The van der Waals surface area contributed by atoms with Gasteiger partial charge >= 0.3 is 17.9 Å². The summed E-state index contributed by atoms with van der Waals surface area (Å²) in [6, 6.07) is 0. The molecular weight excluding hydrogens is 865 g/mol. The molecule has 0 aromatic carbocycles. The lowest BCUT2D eigenvalue weighted by atomic mass is 10.1. The predicted molar refractivity (Wildman–Crippen MR) is 302 cm³/mol. The quantitative estimate of drug-likeness (QED) is 0.0262. The molecule has 0 radical (unpaired) electrons. The summed E-state index contributed by atoms with van der Waals surface area (Å²) in [4.78, 5) is 37.9. The molecule has 0 amide bonds. The Morgan fingerprint density at radius 2 is 0.586 bits per heavy atom. The lowest BCUT2D eigenvalue weighted by Crippen LogP contribution is -2.30. The van der Waals surface area contributed by atoms with Crippen LogP contribution in [0.2, 0.25) is 0 Å². The first kappa shape index (κ1) is 65.5. The van der Waals surface area contributed by atoms with Crippen LogP contribution in [0.15, 0.2) is 134 Å². The highest BCUT2D eigenvalue weighted by Gasteiger charge is 2.19. The lowest BCUT2D eigenvalue weighted by molar-refractivity contribution is -0.167. The molecule has 0 heterocycles. The third kappa shape index (κ3) is 54.5. The largest absolute Gasteiger partial charge is 0.462 e. The van der Waals surface area contributed by atoms with Crippen molar-refractivity contribution in [3.63, 3.8) is 0 Å². The predicted octanol–water partition coefficient (Wildman–Crippen LogP) is 19.0. The number of esters is 3. The molecule has 70 heavy (non-hydrogen) atoms. The van der Waals surface area contributed by atoms with Gasteiger partial charge in [0.15, 0.2) is 6.10 Å². The Kier molecular flexibility index (Phi) is 53.5.